The van der Waals surface area contributed by atoms with Gasteiger partial charge >= 0.3 is 0 Å². The lowest BCUT2D eigenvalue weighted by Gasteiger charge is -2.16. The first-order chi connectivity index (χ1) is 14.0. The molecular weight excluding hydrogens is 397 g/mol. The van der Waals surface area contributed by atoms with Crippen LogP contribution in [0.4, 0.5) is 10.1 Å². The molecular formula is C22H17ClFNO4. The van der Waals surface area contributed by atoms with Crippen LogP contribution >= 0.6 is 11.6 Å². The zero-order valence-electron chi connectivity index (χ0n) is 15.7. The molecule has 4 rings (SSSR count). The predicted molar refractivity (Wildman–Crippen MR) is 110 cm³/mol. The highest BCUT2D eigenvalue weighted by atomic mass is 35.5. The number of amides is 1. The minimum absolute atomic E-state index is 0.0767. The molecule has 0 aliphatic rings. The first-order valence-electron chi connectivity index (χ1n) is 8.88. The fourth-order valence-corrected chi connectivity index (χ4v) is 3.23. The molecule has 4 aromatic rings. The standard InChI is InChI=1S/C22H17ClFNO4/c1-12(28-13-7-8-17(24)16(23)9-13)22(26)25-18-11-20-15(10-21(18)27-2)14-5-3-4-6-19(14)29-20/h3-12H,1-2H3,(H,25,26). The Bertz CT molecular complexity index is 1220. The molecule has 0 spiro atoms. The van der Waals surface area contributed by atoms with Crippen molar-refractivity contribution in [3.05, 3.63) is 65.4 Å². The second kappa shape index (κ2) is 7.64. The van der Waals surface area contributed by atoms with Gasteiger partial charge in [-0.3, -0.25) is 4.79 Å². The third kappa shape index (κ3) is 3.71. The van der Waals surface area contributed by atoms with Crippen molar-refractivity contribution in [2.24, 2.45) is 0 Å². The first-order valence-corrected chi connectivity index (χ1v) is 9.26. The van der Waals surface area contributed by atoms with Gasteiger partial charge in [0.25, 0.3) is 5.91 Å². The van der Waals surface area contributed by atoms with Crippen molar-refractivity contribution >= 4 is 45.1 Å². The van der Waals surface area contributed by atoms with Crippen molar-refractivity contribution in [3.8, 4) is 11.5 Å². The van der Waals surface area contributed by atoms with Crippen LogP contribution in [0.15, 0.2) is 59.0 Å². The van der Waals surface area contributed by atoms with Gasteiger partial charge < -0.3 is 19.2 Å². The van der Waals surface area contributed by atoms with Crippen LogP contribution in [0.5, 0.6) is 11.5 Å². The van der Waals surface area contributed by atoms with E-state index in [0.29, 0.717) is 22.8 Å². The molecule has 0 bridgehead atoms. The van der Waals surface area contributed by atoms with E-state index in [4.69, 9.17) is 25.5 Å². The average molecular weight is 414 g/mol. The number of methoxy groups -OCH3 is 1. The van der Waals surface area contributed by atoms with Crippen LogP contribution in [0.1, 0.15) is 6.92 Å². The number of nitrogens with one attached hydrogen (secondary N) is 1. The molecule has 0 aliphatic carbocycles. The van der Waals surface area contributed by atoms with Crippen LogP contribution in [0.25, 0.3) is 21.9 Å². The minimum Gasteiger partial charge on any atom is -0.495 e. The second-order valence-electron chi connectivity index (χ2n) is 6.47. The number of anilines is 1. The number of carbonyl (C=O) groups is 1. The number of halogens is 2. The van der Waals surface area contributed by atoms with E-state index >= 15 is 0 Å². The summed E-state index contributed by atoms with van der Waals surface area (Å²) in [6, 6.07) is 15.1. The van der Waals surface area contributed by atoms with Gasteiger partial charge in [-0.15, -0.1) is 0 Å². The molecule has 0 saturated carbocycles. The summed E-state index contributed by atoms with van der Waals surface area (Å²) in [6.07, 6.45) is -0.854. The number of benzene rings is 3. The largest absolute Gasteiger partial charge is 0.495 e. The molecule has 1 aromatic heterocycles. The molecule has 0 fully saturated rings. The number of para-hydroxylation sites is 1. The summed E-state index contributed by atoms with van der Waals surface area (Å²) in [6.45, 7) is 1.58. The molecule has 1 atom stereocenters. The Morgan fingerprint density at radius 3 is 2.66 bits per heavy atom. The van der Waals surface area contributed by atoms with Gasteiger partial charge in [-0.1, -0.05) is 29.8 Å². The number of ether oxygens (including phenoxy) is 2. The fourth-order valence-electron chi connectivity index (χ4n) is 3.06. The van der Waals surface area contributed by atoms with Gasteiger partial charge in [0.15, 0.2) is 6.10 Å². The smallest absolute Gasteiger partial charge is 0.265 e. The molecule has 3 aromatic carbocycles. The first kappa shape index (κ1) is 19.1. The van der Waals surface area contributed by atoms with Crippen molar-refractivity contribution in [2.45, 2.75) is 13.0 Å². The maximum absolute atomic E-state index is 13.3. The van der Waals surface area contributed by atoms with E-state index < -0.39 is 17.8 Å². The molecule has 1 N–H and O–H groups in total. The quantitative estimate of drug-likeness (QED) is 0.449. The summed E-state index contributed by atoms with van der Waals surface area (Å²) in [4.78, 5) is 12.6. The van der Waals surface area contributed by atoms with Crippen molar-refractivity contribution in [2.75, 3.05) is 12.4 Å². The summed E-state index contributed by atoms with van der Waals surface area (Å²) in [5.41, 5.74) is 1.83. The maximum atomic E-state index is 13.3. The number of furan rings is 1. The van der Waals surface area contributed by atoms with Crippen molar-refractivity contribution in [1.29, 1.82) is 0 Å². The van der Waals surface area contributed by atoms with Gasteiger partial charge in [0.2, 0.25) is 0 Å². The van der Waals surface area contributed by atoms with Crippen molar-refractivity contribution < 1.29 is 23.1 Å². The van der Waals surface area contributed by atoms with Crippen molar-refractivity contribution in [1.82, 2.24) is 0 Å². The molecule has 7 heteroatoms. The zero-order chi connectivity index (χ0) is 20.5. The molecule has 148 valence electrons. The van der Waals surface area contributed by atoms with Crippen LogP contribution < -0.4 is 14.8 Å². The van der Waals surface area contributed by atoms with E-state index in [1.165, 1.54) is 25.3 Å². The van der Waals surface area contributed by atoms with E-state index in [1.807, 2.05) is 30.3 Å². The minimum atomic E-state index is -0.854. The highest BCUT2D eigenvalue weighted by Crippen LogP contribution is 2.36. The molecule has 1 heterocycles. The summed E-state index contributed by atoms with van der Waals surface area (Å²) in [5.74, 6) is -0.174. The Labute approximate surface area is 171 Å². The van der Waals surface area contributed by atoms with E-state index in [1.54, 1.807) is 13.0 Å². The van der Waals surface area contributed by atoms with E-state index in [-0.39, 0.29) is 5.02 Å². The van der Waals surface area contributed by atoms with Gasteiger partial charge in [0.1, 0.15) is 28.5 Å². The molecule has 1 unspecified atom stereocenters. The highest BCUT2D eigenvalue weighted by Gasteiger charge is 2.19. The molecule has 0 radical (unpaired) electrons. The Morgan fingerprint density at radius 2 is 1.90 bits per heavy atom. The fraction of sp³-hybridized carbons (Fsp3) is 0.136. The summed E-state index contributed by atoms with van der Waals surface area (Å²) >= 11 is 5.75. The summed E-state index contributed by atoms with van der Waals surface area (Å²) in [7, 11) is 1.53. The van der Waals surface area contributed by atoms with Crippen LogP contribution in [0.2, 0.25) is 5.02 Å². The van der Waals surface area contributed by atoms with E-state index in [0.717, 1.165) is 16.4 Å². The number of carbonyl (C=O) groups excluding carboxylic acids is 1. The van der Waals surface area contributed by atoms with Gasteiger partial charge in [-0.2, -0.15) is 0 Å². The van der Waals surface area contributed by atoms with Gasteiger partial charge in [0, 0.05) is 22.9 Å². The Hall–Kier alpha value is -3.25. The average Bonchev–Trinajstić information content (AvgIpc) is 3.07. The highest BCUT2D eigenvalue weighted by molar-refractivity contribution is 6.30. The van der Waals surface area contributed by atoms with Crippen LogP contribution in [-0.2, 0) is 4.79 Å². The lowest BCUT2D eigenvalue weighted by atomic mass is 10.1. The van der Waals surface area contributed by atoms with Crippen LogP contribution in [0, 0.1) is 5.82 Å². The van der Waals surface area contributed by atoms with E-state index in [9.17, 15) is 9.18 Å². The predicted octanol–water partition coefficient (Wildman–Crippen LogP) is 5.79. The van der Waals surface area contributed by atoms with Gasteiger partial charge in [-0.05, 0) is 31.2 Å². The van der Waals surface area contributed by atoms with Gasteiger partial charge in [0.05, 0.1) is 17.8 Å². The van der Waals surface area contributed by atoms with Crippen LogP contribution in [-0.4, -0.2) is 19.1 Å². The van der Waals surface area contributed by atoms with Crippen molar-refractivity contribution in [3.63, 3.8) is 0 Å². The summed E-state index contributed by atoms with van der Waals surface area (Å²) in [5, 5.41) is 4.56. The molecule has 1 amide bonds. The number of fused-ring (bicyclic) bond motifs is 3. The third-order valence-corrected chi connectivity index (χ3v) is 4.82. The topological polar surface area (TPSA) is 60.7 Å². The van der Waals surface area contributed by atoms with Gasteiger partial charge in [-0.25, -0.2) is 4.39 Å². The Morgan fingerprint density at radius 1 is 1.10 bits per heavy atom. The maximum Gasteiger partial charge on any atom is 0.265 e. The summed E-state index contributed by atoms with van der Waals surface area (Å²) < 4.78 is 30.2. The zero-order valence-corrected chi connectivity index (χ0v) is 16.4. The lowest BCUT2D eigenvalue weighted by Crippen LogP contribution is -2.30. The second-order valence-corrected chi connectivity index (χ2v) is 6.88. The molecule has 5 nitrogen and oxygen atoms in total. The SMILES string of the molecule is COc1cc2c(cc1NC(=O)C(C)Oc1ccc(F)c(Cl)c1)oc1ccccc12. The normalized spacial score (nSPS) is 12.1. The molecule has 0 saturated heterocycles. The number of rotatable bonds is 5. The van der Waals surface area contributed by atoms with E-state index in [2.05, 4.69) is 5.32 Å². The lowest BCUT2D eigenvalue weighted by molar-refractivity contribution is -0.122. The number of hydrogen-bond acceptors (Lipinski definition) is 4. The molecule has 29 heavy (non-hydrogen) atoms. The Balaban J connectivity index is 1.59. The Kier molecular flexibility index (Phi) is 5.03. The van der Waals surface area contributed by atoms with Crippen LogP contribution in [0.3, 0.4) is 0 Å². The third-order valence-electron chi connectivity index (χ3n) is 4.53. The molecule has 0 aliphatic heterocycles. The monoisotopic (exact) mass is 413 g/mol. The number of hydrogen-bond donors (Lipinski definition) is 1.